The Bertz CT molecular complexity index is 811. The highest BCUT2D eigenvalue weighted by Crippen LogP contribution is 2.24. The van der Waals surface area contributed by atoms with Crippen molar-refractivity contribution in [2.24, 2.45) is 5.92 Å². The van der Waals surface area contributed by atoms with Crippen LogP contribution in [0.5, 0.6) is 0 Å². The van der Waals surface area contributed by atoms with Crippen molar-refractivity contribution in [3.05, 3.63) is 47.2 Å². The third kappa shape index (κ3) is 3.95. The number of nitrogens with one attached hydrogen (secondary N) is 1. The molecule has 1 amide bonds. The largest absolute Gasteiger partial charge is 0.459 e. The Labute approximate surface area is 139 Å². The third-order valence-electron chi connectivity index (χ3n) is 3.83. The van der Waals surface area contributed by atoms with E-state index in [-0.39, 0.29) is 24.0 Å². The van der Waals surface area contributed by atoms with Crippen molar-refractivity contribution in [3.8, 4) is 11.3 Å². The van der Waals surface area contributed by atoms with Crippen molar-refractivity contribution in [1.29, 1.82) is 0 Å². The van der Waals surface area contributed by atoms with E-state index >= 15 is 0 Å². The number of amides is 1. The summed E-state index contributed by atoms with van der Waals surface area (Å²) in [5, 5.41) is 3.39. The van der Waals surface area contributed by atoms with Crippen LogP contribution in [0.25, 0.3) is 11.3 Å². The predicted octanol–water partition coefficient (Wildman–Crippen LogP) is 2.65. The molecule has 1 N–H and O–H groups in total. The smallest absolute Gasteiger partial charge is 0.224 e. The average Bonchev–Trinajstić information content (AvgIpc) is 3.12. The van der Waals surface area contributed by atoms with Crippen LogP contribution in [-0.2, 0) is 21.2 Å². The van der Waals surface area contributed by atoms with E-state index < -0.39 is 15.8 Å². The number of hydrogen-bond acceptors (Lipinski definition) is 4. The second-order valence-corrected chi connectivity index (χ2v) is 8.26. The molecule has 5 nitrogen and oxygen atoms in total. The lowest BCUT2D eigenvalue weighted by Gasteiger charge is -2.07. The first-order valence-electron chi connectivity index (χ1n) is 7.26. The van der Waals surface area contributed by atoms with Crippen LogP contribution in [0, 0.1) is 5.92 Å². The summed E-state index contributed by atoms with van der Waals surface area (Å²) in [5.41, 5.74) is 0.897. The highest BCUT2D eigenvalue weighted by atomic mass is 35.5. The molecule has 1 atom stereocenters. The quantitative estimate of drug-likeness (QED) is 0.916. The van der Waals surface area contributed by atoms with Gasteiger partial charge >= 0.3 is 0 Å². The van der Waals surface area contributed by atoms with Crippen molar-refractivity contribution in [2.75, 3.05) is 11.5 Å². The second-order valence-electron chi connectivity index (χ2n) is 5.59. The van der Waals surface area contributed by atoms with E-state index in [2.05, 4.69) is 5.32 Å². The predicted molar refractivity (Wildman–Crippen MR) is 87.8 cm³/mol. The molecule has 7 heteroatoms. The van der Waals surface area contributed by atoms with Gasteiger partial charge in [-0.25, -0.2) is 8.42 Å². The van der Waals surface area contributed by atoms with Gasteiger partial charge in [0.15, 0.2) is 9.84 Å². The SMILES string of the molecule is O=C(NCc1ccc(-c2ccc(Cl)cc2)o1)C1CCS(=O)(=O)C1. The molecule has 0 saturated carbocycles. The van der Waals surface area contributed by atoms with E-state index in [1.165, 1.54) is 0 Å². The zero-order valence-corrected chi connectivity index (χ0v) is 13.9. The monoisotopic (exact) mass is 353 g/mol. The van der Waals surface area contributed by atoms with E-state index in [1.54, 1.807) is 18.2 Å². The Kier molecular flexibility index (Phi) is 4.46. The fourth-order valence-electron chi connectivity index (χ4n) is 2.56. The number of carbonyl (C=O) groups excluding carboxylic acids is 1. The molecule has 1 aromatic carbocycles. The third-order valence-corrected chi connectivity index (χ3v) is 5.85. The molecule has 2 aromatic rings. The van der Waals surface area contributed by atoms with Gasteiger partial charge in [-0.2, -0.15) is 0 Å². The summed E-state index contributed by atoms with van der Waals surface area (Å²) in [5.74, 6) is 0.638. The molecule has 23 heavy (non-hydrogen) atoms. The molecule has 0 spiro atoms. The second kappa shape index (κ2) is 6.37. The molecule has 0 bridgehead atoms. The Morgan fingerprint density at radius 2 is 1.96 bits per heavy atom. The van der Waals surface area contributed by atoms with Crippen molar-refractivity contribution < 1.29 is 17.6 Å². The molecule has 3 rings (SSSR count). The van der Waals surface area contributed by atoms with E-state index in [1.807, 2.05) is 18.2 Å². The minimum absolute atomic E-state index is 0.0625. The number of benzene rings is 1. The summed E-state index contributed by atoms with van der Waals surface area (Å²) in [7, 11) is -3.05. The number of sulfone groups is 1. The van der Waals surface area contributed by atoms with Crippen molar-refractivity contribution >= 4 is 27.3 Å². The molecule has 122 valence electrons. The minimum atomic E-state index is -3.05. The zero-order valence-electron chi connectivity index (χ0n) is 12.3. The van der Waals surface area contributed by atoms with Crippen LogP contribution in [0.2, 0.25) is 5.02 Å². The lowest BCUT2D eigenvalue weighted by Crippen LogP contribution is -2.30. The topological polar surface area (TPSA) is 76.4 Å². The summed E-state index contributed by atoms with van der Waals surface area (Å²) in [4.78, 5) is 12.0. The standard InChI is InChI=1S/C16H16ClNO4S/c17-13-3-1-11(2-4-13)15-6-5-14(22-15)9-18-16(19)12-7-8-23(20,21)10-12/h1-6,12H,7-10H2,(H,18,19). The van der Waals surface area contributed by atoms with Gasteiger partial charge in [0.25, 0.3) is 0 Å². The molecule has 1 aromatic heterocycles. The maximum Gasteiger partial charge on any atom is 0.224 e. The molecular formula is C16H16ClNO4S. The number of furan rings is 1. The minimum Gasteiger partial charge on any atom is -0.459 e. The highest BCUT2D eigenvalue weighted by molar-refractivity contribution is 7.91. The Balaban J connectivity index is 1.59. The van der Waals surface area contributed by atoms with Gasteiger partial charge in [0.1, 0.15) is 11.5 Å². The molecule has 1 aliphatic rings. The van der Waals surface area contributed by atoms with Gasteiger partial charge < -0.3 is 9.73 Å². The maximum atomic E-state index is 12.0. The van der Waals surface area contributed by atoms with Gasteiger partial charge in [0, 0.05) is 10.6 Å². The van der Waals surface area contributed by atoms with Gasteiger partial charge in [0.2, 0.25) is 5.91 Å². The van der Waals surface area contributed by atoms with Gasteiger partial charge in [-0.1, -0.05) is 11.6 Å². The zero-order chi connectivity index (χ0) is 16.4. The van der Waals surface area contributed by atoms with Crippen LogP contribution >= 0.6 is 11.6 Å². The van der Waals surface area contributed by atoms with E-state index in [0.29, 0.717) is 23.0 Å². The number of hydrogen-bond donors (Lipinski definition) is 1. The lowest BCUT2D eigenvalue weighted by atomic mass is 10.1. The van der Waals surface area contributed by atoms with Gasteiger partial charge in [-0.05, 0) is 42.8 Å². The maximum absolute atomic E-state index is 12.0. The summed E-state index contributed by atoms with van der Waals surface area (Å²) in [6.07, 6.45) is 0.391. The van der Waals surface area contributed by atoms with Gasteiger partial charge in [-0.3, -0.25) is 4.79 Å². The molecular weight excluding hydrogens is 338 g/mol. The van der Waals surface area contributed by atoms with Gasteiger partial charge in [0.05, 0.1) is 24.0 Å². The van der Waals surface area contributed by atoms with Crippen LogP contribution < -0.4 is 5.32 Å². The first-order valence-corrected chi connectivity index (χ1v) is 9.46. The van der Waals surface area contributed by atoms with Crippen molar-refractivity contribution in [1.82, 2.24) is 5.32 Å². The van der Waals surface area contributed by atoms with Gasteiger partial charge in [-0.15, -0.1) is 0 Å². The highest BCUT2D eigenvalue weighted by Gasteiger charge is 2.32. The molecule has 1 aliphatic heterocycles. The van der Waals surface area contributed by atoms with Crippen LogP contribution in [0.15, 0.2) is 40.8 Å². The van der Waals surface area contributed by atoms with E-state index in [0.717, 1.165) is 5.56 Å². The number of halogens is 1. The van der Waals surface area contributed by atoms with Crippen LogP contribution in [-0.4, -0.2) is 25.8 Å². The normalized spacial score (nSPS) is 19.6. The molecule has 1 fully saturated rings. The summed E-state index contributed by atoms with van der Waals surface area (Å²) < 4.78 is 28.5. The van der Waals surface area contributed by atoms with E-state index in [9.17, 15) is 13.2 Å². The number of rotatable bonds is 4. The van der Waals surface area contributed by atoms with Crippen molar-refractivity contribution in [2.45, 2.75) is 13.0 Å². The number of carbonyl (C=O) groups is 1. The average molecular weight is 354 g/mol. The molecule has 0 radical (unpaired) electrons. The lowest BCUT2D eigenvalue weighted by molar-refractivity contribution is -0.124. The first kappa shape index (κ1) is 16.1. The molecule has 0 aliphatic carbocycles. The molecule has 1 saturated heterocycles. The summed E-state index contributed by atoms with van der Waals surface area (Å²) >= 11 is 5.85. The fraction of sp³-hybridized carbons (Fsp3) is 0.312. The molecule has 2 heterocycles. The van der Waals surface area contributed by atoms with Crippen molar-refractivity contribution in [3.63, 3.8) is 0 Å². The Morgan fingerprint density at radius 3 is 2.61 bits per heavy atom. The molecule has 1 unspecified atom stereocenters. The summed E-state index contributed by atoms with van der Waals surface area (Å²) in [6.45, 7) is 0.239. The first-order chi connectivity index (χ1) is 10.9. The van der Waals surface area contributed by atoms with Crippen LogP contribution in [0.1, 0.15) is 12.2 Å². The summed E-state index contributed by atoms with van der Waals surface area (Å²) in [6, 6.07) is 10.9. The Morgan fingerprint density at radius 1 is 1.22 bits per heavy atom. The van der Waals surface area contributed by atoms with E-state index in [4.69, 9.17) is 16.0 Å². The van der Waals surface area contributed by atoms with Crippen LogP contribution in [0.4, 0.5) is 0 Å². The fourth-order valence-corrected chi connectivity index (χ4v) is 4.43. The Hall–Kier alpha value is -1.79. The van der Waals surface area contributed by atoms with Crippen LogP contribution in [0.3, 0.4) is 0 Å².